The zero-order chi connectivity index (χ0) is 15.6. The third kappa shape index (κ3) is 4.52. The van der Waals surface area contributed by atoms with Crippen molar-refractivity contribution in [2.75, 3.05) is 6.61 Å². The summed E-state index contributed by atoms with van der Waals surface area (Å²) in [7, 11) is 0. The maximum absolute atomic E-state index is 12.2. The zero-order valence-corrected chi connectivity index (χ0v) is 10.2. The van der Waals surface area contributed by atoms with E-state index in [0.29, 0.717) is 5.56 Å². The van der Waals surface area contributed by atoms with Gasteiger partial charge in [0.25, 0.3) is 0 Å². The van der Waals surface area contributed by atoms with Crippen molar-refractivity contribution >= 4 is 5.78 Å². The highest BCUT2D eigenvalue weighted by molar-refractivity contribution is 5.97. The maximum atomic E-state index is 12.2. The smallest absolute Gasteiger partial charge is 0.353 e. The van der Waals surface area contributed by atoms with Crippen molar-refractivity contribution in [1.82, 2.24) is 0 Å². The number of carbonyl (C=O) groups excluding carboxylic acids is 1. The molecule has 0 aliphatic rings. The summed E-state index contributed by atoms with van der Waals surface area (Å²) in [5.74, 6) is -0.952. The van der Waals surface area contributed by atoms with Gasteiger partial charge in [0.1, 0.15) is 6.61 Å². The number of hydrogen-bond donors (Lipinski definition) is 0. The first kappa shape index (κ1) is 16.5. The predicted molar refractivity (Wildman–Crippen MR) is 57.4 cm³/mol. The quantitative estimate of drug-likeness (QED) is 0.626. The Morgan fingerprint density at radius 2 is 1.70 bits per heavy atom. The Morgan fingerprint density at radius 3 is 2.15 bits per heavy atom. The zero-order valence-electron chi connectivity index (χ0n) is 10.2. The predicted octanol–water partition coefficient (Wildman–Crippen LogP) is 3.69. The van der Waals surface area contributed by atoms with Crippen LogP contribution in [0.25, 0.3) is 0 Å². The van der Waals surface area contributed by atoms with Gasteiger partial charge in [0.05, 0.1) is 0 Å². The van der Waals surface area contributed by atoms with E-state index in [9.17, 15) is 31.1 Å². The Kier molecular flexibility index (Phi) is 4.80. The van der Waals surface area contributed by atoms with Crippen molar-refractivity contribution in [3.05, 3.63) is 35.4 Å². The SMILES string of the molecule is Cc1cccc(C(=O)COC(C(F)(F)F)C(F)(F)F)c1. The van der Waals surface area contributed by atoms with Crippen molar-refractivity contribution in [3.8, 4) is 0 Å². The average molecular weight is 300 g/mol. The highest BCUT2D eigenvalue weighted by Crippen LogP contribution is 2.35. The molecule has 0 spiro atoms. The van der Waals surface area contributed by atoms with Crippen LogP contribution in [-0.2, 0) is 4.74 Å². The summed E-state index contributed by atoms with van der Waals surface area (Å²) < 4.78 is 76.8. The lowest BCUT2D eigenvalue weighted by Crippen LogP contribution is -2.45. The molecule has 20 heavy (non-hydrogen) atoms. The molecule has 8 heteroatoms. The molecule has 1 aromatic carbocycles. The second-order valence-electron chi connectivity index (χ2n) is 4.07. The third-order valence-corrected chi connectivity index (χ3v) is 2.32. The maximum Gasteiger partial charge on any atom is 0.423 e. The molecule has 0 N–H and O–H groups in total. The van der Waals surface area contributed by atoms with Crippen molar-refractivity contribution in [2.45, 2.75) is 25.4 Å². The molecule has 0 unspecified atom stereocenters. The molecular formula is C12H10F6O2. The van der Waals surface area contributed by atoms with Crippen molar-refractivity contribution < 1.29 is 35.9 Å². The van der Waals surface area contributed by atoms with E-state index in [1.807, 2.05) is 0 Å². The molecule has 0 saturated carbocycles. The molecule has 0 bridgehead atoms. The fourth-order valence-electron chi connectivity index (χ4n) is 1.44. The molecule has 0 radical (unpaired) electrons. The van der Waals surface area contributed by atoms with E-state index in [1.165, 1.54) is 18.2 Å². The lowest BCUT2D eigenvalue weighted by molar-refractivity contribution is -0.318. The molecule has 0 aromatic heterocycles. The van der Waals surface area contributed by atoms with Gasteiger partial charge in [-0.3, -0.25) is 4.79 Å². The molecule has 0 aliphatic heterocycles. The Bertz CT molecular complexity index is 464. The van der Waals surface area contributed by atoms with Gasteiger partial charge in [0, 0.05) is 5.56 Å². The Labute approximate surface area is 110 Å². The fraction of sp³-hybridized carbons (Fsp3) is 0.417. The van der Waals surface area contributed by atoms with E-state index in [2.05, 4.69) is 4.74 Å². The molecule has 0 amide bonds. The van der Waals surface area contributed by atoms with Gasteiger partial charge in [-0.1, -0.05) is 23.8 Å². The van der Waals surface area contributed by atoms with Gasteiger partial charge < -0.3 is 4.74 Å². The van der Waals surface area contributed by atoms with Gasteiger partial charge >= 0.3 is 12.4 Å². The first-order valence-corrected chi connectivity index (χ1v) is 5.36. The summed E-state index contributed by atoms with van der Waals surface area (Å²) >= 11 is 0. The molecule has 1 rings (SSSR count). The number of halogens is 6. The summed E-state index contributed by atoms with van der Waals surface area (Å²) in [6, 6.07) is 5.73. The van der Waals surface area contributed by atoms with Crippen LogP contribution in [0.1, 0.15) is 15.9 Å². The van der Waals surface area contributed by atoms with E-state index in [0.717, 1.165) is 0 Å². The van der Waals surface area contributed by atoms with Gasteiger partial charge in [0.2, 0.25) is 6.10 Å². The topological polar surface area (TPSA) is 26.3 Å². The van der Waals surface area contributed by atoms with Crippen LogP contribution in [0.15, 0.2) is 24.3 Å². The van der Waals surface area contributed by atoms with Gasteiger partial charge in [0.15, 0.2) is 5.78 Å². The minimum Gasteiger partial charge on any atom is -0.353 e. The van der Waals surface area contributed by atoms with E-state index < -0.39 is 30.8 Å². The van der Waals surface area contributed by atoms with Crippen LogP contribution in [-0.4, -0.2) is 30.8 Å². The van der Waals surface area contributed by atoms with Crippen LogP contribution in [0.3, 0.4) is 0 Å². The number of alkyl halides is 6. The number of rotatable bonds is 4. The molecule has 0 fully saturated rings. The van der Waals surface area contributed by atoms with Gasteiger partial charge in [-0.15, -0.1) is 0 Å². The summed E-state index contributed by atoms with van der Waals surface area (Å²) in [5, 5.41) is 0. The molecule has 0 heterocycles. The number of hydrogen-bond acceptors (Lipinski definition) is 2. The summed E-state index contributed by atoms with van der Waals surface area (Å²) in [4.78, 5) is 11.5. The lowest BCUT2D eigenvalue weighted by atomic mass is 10.1. The minimum atomic E-state index is -5.62. The van der Waals surface area contributed by atoms with Gasteiger partial charge in [-0.05, 0) is 13.0 Å². The highest BCUT2D eigenvalue weighted by Gasteiger charge is 2.58. The van der Waals surface area contributed by atoms with Crippen molar-refractivity contribution in [3.63, 3.8) is 0 Å². The molecule has 0 atom stereocenters. The Hall–Kier alpha value is -1.57. The van der Waals surface area contributed by atoms with Crippen LogP contribution < -0.4 is 0 Å². The highest BCUT2D eigenvalue weighted by atomic mass is 19.4. The Balaban J connectivity index is 2.76. The molecule has 0 saturated heterocycles. The molecule has 112 valence electrons. The van der Waals surface area contributed by atoms with E-state index in [1.54, 1.807) is 13.0 Å². The number of Topliss-reactive ketones (excluding diaryl/α,β-unsaturated/α-hetero) is 1. The number of ether oxygens (including phenoxy) is 1. The first-order chi connectivity index (χ1) is 9.01. The lowest BCUT2D eigenvalue weighted by Gasteiger charge is -2.22. The first-order valence-electron chi connectivity index (χ1n) is 5.36. The number of ketones is 1. The largest absolute Gasteiger partial charge is 0.423 e. The van der Waals surface area contributed by atoms with Crippen LogP contribution in [0.5, 0.6) is 0 Å². The fourth-order valence-corrected chi connectivity index (χ4v) is 1.44. The second kappa shape index (κ2) is 5.82. The normalized spacial score (nSPS) is 12.8. The van der Waals surface area contributed by atoms with Crippen LogP contribution in [0.2, 0.25) is 0 Å². The van der Waals surface area contributed by atoms with Crippen LogP contribution in [0.4, 0.5) is 26.3 Å². The van der Waals surface area contributed by atoms with Gasteiger partial charge in [-0.2, -0.15) is 26.3 Å². The standard InChI is InChI=1S/C12H10F6O2/c1-7-3-2-4-8(5-7)9(19)6-20-10(11(13,14)15)12(16,17)18/h2-5,10H,6H2,1H3. The molecule has 1 aromatic rings. The van der Waals surface area contributed by atoms with Crippen molar-refractivity contribution in [2.24, 2.45) is 0 Å². The summed E-state index contributed by atoms with van der Waals surface area (Å²) in [6.07, 6.45) is -15.2. The summed E-state index contributed by atoms with van der Waals surface area (Å²) in [6.45, 7) is 0.332. The minimum absolute atomic E-state index is 0.00639. The van der Waals surface area contributed by atoms with Crippen LogP contribution in [0, 0.1) is 6.92 Å². The number of aryl methyl sites for hydroxylation is 1. The van der Waals surface area contributed by atoms with Crippen molar-refractivity contribution in [1.29, 1.82) is 0 Å². The Morgan fingerprint density at radius 1 is 1.15 bits per heavy atom. The monoisotopic (exact) mass is 300 g/mol. The van der Waals surface area contributed by atoms with E-state index in [-0.39, 0.29) is 5.56 Å². The molecular weight excluding hydrogens is 290 g/mol. The molecule has 2 nitrogen and oxygen atoms in total. The third-order valence-electron chi connectivity index (χ3n) is 2.32. The number of benzene rings is 1. The van der Waals surface area contributed by atoms with Gasteiger partial charge in [-0.25, -0.2) is 0 Å². The van der Waals surface area contributed by atoms with E-state index >= 15 is 0 Å². The summed E-state index contributed by atoms with van der Waals surface area (Å²) in [5.41, 5.74) is 0.646. The molecule has 0 aliphatic carbocycles. The van der Waals surface area contributed by atoms with Crippen LogP contribution >= 0.6 is 0 Å². The second-order valence-corrected chi connectivity index (χ2v) is 4.07. The number of carbonyl (C=O) groups is 1. The van der Waals surface area contributed by atoms with E-state index in [4.69, 9.17) is 0 Å². The average Bonchev–Trinajstić information content (AvgIpc) is 2.25.